The van der Waals surface area contributed by atoms with Crippen LogP contribution in [0.4, 0.5) is 0 Å². The van der Waals surface area contributed by atoms with Gasteiger partial charge in [0.05, 0.1) is 16.9 Å². The normalized spacial score (nSPS) is 22.0. The average Bonchev–Trinajstić information content (AvgIpc) is 2.17. The Balaban J connectivity index is 2.71. The summed E-state index contributed by atoms with van der Waals surface area (Å²) in [5.41, 5.74) is -0.836. The van der Waals surface area contributed by atoms with E-state index in [4.69, 9.17) is 4.74 Å². The third kappa shape index (κ3) is 3.41. The van der Waals surface area contributed by atoms with Gasteiger partial charge in [-0.2, -0.15) is 0 Å². The fraction of sp³-hybridized carbons (Fsp3) is 1.00. The molecule has 1 aliphatic rings. The molecule has 0 spiro atoms. The largest absolute Gasteiger partial charge is 0.391 e. The molecule has 1 rings (SSSR count). The molecule has 5 nitrogen and oxygen atoms in total. The van der Waals surface area contributed by atoms with Crippen molar-refractivity contribution in [3.05, 3.63) is 0 Å². The molecule has 96 valence electrons. The van der Waals surface area contributed by atoms with Crippen molar-refractivity contribution < 1.29 is 18.3 Å². The van der Waals surface area contributed by atoms with Crippen LogP contribution in [0, 0.1) is 0 Å². The smallest absolute Gasteiger partial charge is 0.215 e. The van der Waals surface area contributed by atoms with Crippen molar-refractivity contribution in [3.63, 3.8) is 0 Å². The second-order valence-electron chi connectivity index (χ2n) is 4.86. The fourth-order valence-electron chi connectivity index (χ4n) is 1.52. The minimum absolute atomic E-state index is 0.403. The van der Waals surface area contributed by atoms with Gasteiger partial charge in [-0.05, 0) is 33.6 Å². The van der Waals surface area contributed by atoms with Gasteiger partial charge in [0.15, 0.2) is 0 Å². The topological polar surface area (TPSA) is 75.6 Å². The Hall–Kier alpha value is -0.170. The molecule has 0 amide bonds. The van der Waals surface area contributed by atoms with E-state index in [0.717, 1.165) is 0 Å². The first kappa shape index (κ1) is 13.9. The van der Waals surface area contributed by atoms with Gasteiger partial charge in [0.1, 0.15) is 0 Å². The number of hydrogen-bond donors (Lipinski definition) is 2. The van der Waals surface area contributed by atoms with Gasteiger partial charge >= 0.3 is 0 Å². The molecule has 1 unspecified atom stereocenters. The van der Waals surface area contributed by atoms with Crippen molar-refractivity contribution in [1.82, 2.24) is 4.72 Å². The number of ether oxygens (including phenoxy) is 1. The molecule has 0 saturated carbocycles. The second kappa shape index (κ2) is 5.00. The Kier molecular flexibility index (Phi) is 4.34. The summed E-state index contributed by atoms with van der Waals surface area (Å²) in [7, 11) is -3.38. The molecule has 2 N–H and O–H groups in total. The molecule has 1 aliphatic heterocycles. The van der Waals surface area contributed by atoms with Crippen LogP contribution in [0.2, 0.25) is 0 Å². The van der Waals surface area contributed by atoms with E-state index in [1.807, 2.05) is 0 Å². The van der Waals surface area contributed by atoms with Gasteiger partial charge < -0.3 is 9.84 Å². The Bertz CT molecular complexity index is 318. The second-order valence-corrected chi connectivity index (χ2v) is 6.82. The third-order valence-electron chi connectivity index (χ3n) is 3.06. The van der Waals surface area contributed by atoms with Gasteiger partial charge in [0.25, 0.3) is 0 Å². The lowest BCUT2D eigenvalue weighted by molar-refractivity contribution is 0.0954. The van der Waals surface area contributed by atoms with Gasteiger partial charge in [0, 0.05) is 13.2 Å². The van der Waals surface area contributed by atoms with Crippen molar-refractivity contribution in [3.8, 4) is 0 Å². The molecular formula is C10H21NO4S. The lowest BCUT2D eigenvalue weighted by atomic mass is 10.0. The minimum atomic E-state index is -3.38. The van der Waals surface area contributed by atoms with Crippen LogP contribution in [0.3, 0.4) is 0 Å². The van der Waals surface area contributed by atoms with Crippen LogP contribution in [0.5, 0.6) is 0 Å². The summed E-state index contributed by atoms with van der Waals surface area (Å²) in [5.74, 6) is 0. The summed E-state index contributed by atoms with van der Waals surface area (Å²) in [5, 5.41) is 9.09. The van der Waals surface area contributed by atoms with E-state index < -0.39 is 26.9 Å². The lowest BCUT2D eigenvalue weighted by Gasteiger charge is -2.32. The number of rotatable bonds is 4. The van der Waals surface area contributed by atoms with E-state index in [2.05, 4.69) is 4.72 Å². The number of aliphatic hydroxyl groups is 1. The average molecular weight is 251 g/mol. The van der Waals surface area contributed by atoms with E-state index in [9.17, 15) is 13.5 Å². The Morgan fingerprint density at radius 3 is 2.31 bits per heavy atom. The highest BCUT2D eigenvalue weighted by Gasteiger charge is 2.35. The van der Waals surface area contributed by atoms with Crippen LogP contribution in [-0.4, -0.2) is 43.6 Å². The van der Waals surface area contributed by atoms with Crippen LogP contribution in [0.15, 0.2) is 0 Å². The van der Waals surface area contributed by atoms with Crippen molar-refractivity contribution in [1.29, 1.82) is 0 Å². The molecule has 0 aromatic carbocycles. The van der Waals surface area contributed by atoms with Crippen LogP contribution in [0.1, 0.15) is 33.6 Å². The number of hydrogen-bond acceptors (Lipinski definition) is 4. The molecule has 1 heterocycles. The lowest BCUT2D eigenvalue weighted by Crippen LogP contribution is -2.54. The molecule has 0 aromatic rings. The predicted molar refractivity (Wildman–Crippen MR) is 61.7 cm³/mol. The quantitative estimate of drug-likeness (QED) is 0.750. The maximum atomic E-state index is 12.0. The highest BCUT2D eigenvalue weighted by molar-refractivity contribution is 7.90. The Morgan fingerprint density at radius 1 is 1.38 bits per heavy atom. The molecule has 0 bridgehead atoms. The first-order valence-electron chi connectivity index (χ1n) is 5.54. The SMILES string of the molecule is CC(O)C(C)(C)NS(=O)(=O)C1CCOCC1. The molecule has 0 aliphatic carbocycles. The van der Waals surface area contributed by atoms with Crippen LogP contribution < -0.4 is 4.72 Å². The number of aliphatic hydroxyl groups excluding tert-OH is 1. The molecule has 1 saturated heterocycles. The van der Waals surface area contributed by atoms with Crippen molar-refractivity contribution in [2.45, 2.75) is 50.5 Å². The maximum Gasteiger partial charge on any atom is 0.215 e. The van der Waals surface area contributed by atoms with Crippen LogP contribution in [-0.2, 0) is 14.8 Å². The fourth-order valence-corrected chi connectivity index (χ4v) is 3.41. The van der Waals surface area contributed by atoms with Gasteiger partial charge in [-0.3, -0.25) is 0 Å². The molecule has 1 fully saturated rings. The zero-order chi connectivity index (χ0) is 12.4. The van der Waals surface area contributed by atoms with Crippen molar-refractivity contribution in [2.24, 2.45) is 0 Å². The summed E-state index contributed by atoms with van der Waals surface area (Å²) >= 11 is 0. The van der Waals surface area contributed by atoms with E-state index in [-0.39, 0.29) is 0 Å². The van der Waals surface area contributed by atoms with Crippen molar-refractivity contribution in [2.75, 3.05) is 13.2 Å². The summed E-state index contributed by atoms with van der Waals surface area (Å²) in [6.07, 6.45) is 0.304. The van der Waals surface area contributed by atoms with Gasteiger partial charge in [0.2, 0.25) is 10.0 Å². The summed E-state index contributed by atoms with van der Waals surface area (Å²) in [6.45, 7) is 5.90. The van der Waals surface area contributed by atoms with E-state index in [1.54, 1.807) is 20.8 Å². The summed E-state index contributed by atoms with van der Waals surface area (Å²) in [4.78, 5) is 0. The van der Waals surface area contributed by atoms with Crippen molar-refractivity contribution >= 4 is 10.0 Å². The zero-order valence-corrected chi connectivity index (χ0v) is 10.9. The molecule has 16 heavy (non-hydrogen) atoms. The maximum absolute atomic E-state index is 12.0. The highest BCUT2D eigenvalue weighted by atomic mass is 32.2. The standard InChI is InChI=1S/C10H21NO4S/c1-8(12)10(2,3)11-16(13,14)9-4-6-15-7-5-9/h8-9,11-12H,4-7H2,1-3H3. The summed E-state index contributed by atoms with van der Waals surface area (Å²) < 4.78 is 31.8. The predicted octanol–water partition coefficient (Wildman–Crippen LogP) is 0.244. The Labute approximate surface area is 97.2 Å². The summed E-state index contributed by atoms with van der Waals surface area (Å²) in [6, 6.07) is 0. The molecule has 0 radical (unpaired) electrons. The van der Waals surface area contributed by atoms with Crippen LogP contribution in [0.25, 0.3) is 0 Å². The third-order valence-corrected chi connectivity index (χ3v) is 5.22. The highest BCUT2D eigenvalue weighted by Crippen LogP contribution is 2.18. The number of nitrogens with one attached hydrogen (secondary N) is 1. The molecule has 1 atom stereocenters. The molecule has 0 aromatic heterocycles. The minimum Gasteiger partial charge on any atom is -0.391 e. The molecular weight excluding hydrogens is 230 g/mol. The van der Waals surface area contributed by atoms with Gasteiger partial charge in [-0.25, -0.2) is 13.1 Å². The van der Waals surface area contributed by atoms with Crippen LogP contribution >= 0.6 is 0 Å². The monoisotopic (exact) mass is 251 g/mol. The van der Waals surface area contributed by atoms with E-state index >= 15 is 0 Å². The first-order valence-corrected chi connectivity index (χ1v) is 7.09. The molecule has 6 heteroatoms. The van der Waals surface area contributed by atoms with E-state index in [1.165, 1.54) is 0 Å². The Morgan fingerprint density at radius 2 is 1.88 bits per heavy atom. The first-order chi connectivity index (χ1) is 7.26. The zero-order valence-electron chi connectivity index (χ0n) is 10.1. The van der Waals surface area contributed by atoms with Gasteiger partial charge in [-0.1, -0.05) is 0 Å². The van der Waals surface area contributed by atoms with E-state index in [0.29, 0.717) is 26.1 Å². The van der Waals surface area contributed by atoms with Gasteiger partial charge in [-0.15, -0.1) is 0 Å². The number of sulfonamides is 1.